The molecule has 2 aromatic carbocycles. The second-order valence-corrected chi connectivity index (χ2v) is 6.38. The summed E-state index contributed by atoms with van der Waals surface area (Å²) in [4.78, 5) is 4.24. The molecule has 0 aliphatic carbocycles. The van der Waals surface area contributed by atoms with Crippen LogP contribution >= 0.6 is 0 Å². The highest BCUT2D eigenvalue weighted by Crippen LogP contribution is 2.50. The van der Waals surface area contributed by atoms with Crippen molar-refractivity contribution >= 4 is 11.5 Å². The Labute approximate surface area is 161 Å². The standard InChI is InChI=1S/C21H18N4O3/c1-2-27-13-6-3-11(4-7-13)17-14-8-5-12(26)9-16(14)28-21-18(17)19(23)15(10-22)20(24)25-21/h3-9,17,26H,2H2,1H3,(H4,23,24,25)/t17-/m0/s1. The van der Waals surface area contributed by atoms with Gasteiger partial charge in [-0.1, -0.05) is 18.2 Å². The van der Waals surface area contributed by atoms with Crippen molar-refractivity contribution < 1.29 is 14.6 Å². The van der Waals surface area contributed by atoms with Crippen LogP contribution in [0.25, 0.3) is 0 Å². The average molecular weight is 374 g/mol. The van der Waals surface area contributed by atoms with Crippen molar-refractivity contribution in [1.82, 2.24) is 4.98 Å². The second kappa shape index (κ2) is 6.67. The van der Waals surface area contributed by atoms with Gasteiger partial charge in [-0.2, -0.15) is 10.2 Å². The maximum absolute atomic E-state index is 9.87. The smallest absolute Gasteiger partial charge is 0.227 e. The predicted molar refractivity (Wildman–Crippen MR) is 105 cm³/mol. The number of hydrogen-bond donors (Lipinski definition) is 3. The highest BCUT2D eigenvalue weighted by Gasteiger charge is 2.34. The lowest BCUT2D eigenvalue weighted by Crippen LogP contribution is -2.17. The summed E-state index contributed by atoms with van der Waals surface area (Å²) in [6.07, 6.45) is 0. The number of anilines is 2. The summed E-state index contributed by atoms with van der Waals surface area (Å²) < 4.78 is 11.4. The lowest BCUT2D eigenvalue weighted by atomic mass is 9.82. The Balaban J connectivity index is 1.96. The van der Waals surface area contributed by atoms with Crippen molar-refractivity contribution in [2.24, 2.45) is 0 Å². The number of ether oxygens (including phenoxy) is 2. The van der Waals surface area contributed by atoms with Crippen LogP contribution in [0.2, 0.25) is 0 Å². The highest BCUT2D eigenvalue weighted by molar-refractivity contribution is 5.75. The Morgan fingerprint density at radius 2 is 1.96 bits per heavy atom. The molecule has 140 valence electrons. The number of aromatic nitrogens is 1. The molecule has 3 aromatic rings. The van der Waals surface area contributed by atoms with Crippen LogP contribution < -0.4 is 20.9 Å². The van der Waals surface area contributed by atoms with Crippen LogP contribution in [0, 0.1) is 11.3 Å². The molecule has 0 amide bonds. The Morgan fingerprint density at radius 3 is 2.64 bits per heavy atom. The minimum absolute atomic E-state index is 0.00722. The molecule has 1 aliphatic heterocycles. The number of nitrogens with two attached hydrogens (primary N) is 2. The molecular formula is C21H18N4O3. The average Bonchev–Trinajstić information content (AvgIpc) is 2.67. The number of nitrogen functional groups attached to an aromatic ring is 2. The molecule has 28 heavy (non-hydrogen) atoms. The minimum atomic E-state index is -0.338. The van der Waals surface area contributed by atoms with E-state index in [0.717, 1.165) is 16.9 Å². The van der Waals surface area contributed by atoms with Crippen molar-refractivity contribution in [3.05, 3.63) is 64.7 Å². The van der Waals surface area contributed by atoms with Gasteiger partial charge in [-0.15, -0.1) is 0 Å². The fourth-order valence-corrected chi connectivity index (χ4v) is 3.47. The van der Waals surface area contributed by atoms with Crippen LogP contribution in [0.1, 0.15) is 35.1 Å². The van der Waals surface area contributed by atoms with Gasteiger partial charge in [-0.25, -0.2) is 0 Å². The van der Waals surface area contributed by atoms with Gasteiger partial charge in [-0.05, 0) is 30.7 Å². The molecule has 4 rings (SSSR count). The maximum Gasteiger partial charge on any atom is 0.227 e. The number of phenolic OH excluding ortho intramolecular Hbond substituents is 1. The first-order chi connectivity index (χ1) is 13.5. The zero-order valence-corrected chi connectivity index (χ0v) is 15.1. The number of hydrogen-bond acceptors (Lipinski definition) is 7. The van der Waals surface area contributed by atoms with Crippen molar-refractivity contribution in [2.45, 2.75) is 12.8 Å². The van der Waals surface area contributed by atoms with E-state index < -0.39 is 0 Å². The number of fused-ring (bicyclic) bond motifs is 2. The van der Waals surface area contributed by atoms with E-state index in [1.807, 2.05) is 37.3 Å². The number of phenols is 1. The first-order valence-corrected chi connectivity index (χ1v) is 8.76. The summed E-state index contributed by atoms with van der Waals surface area (Å²) in [6.45, 7) is 2.49. The fourth-order valence-electron chi connectivity index (χ4n) is 3.47. The first kappa shape index (κ1) is 17.5. The molecule has 0 saturated carbocycles. The van der Waals surface area contributed by atoms with Crippen LogP contribution in [-0.4, -0.2) is 16.7 Å². The van der Waals surface area contributed by atoms with Gasteiger partial charge in [0, 0.05) is 17.5 Å². The quantitative estimate of drug-likeness (QED) is 0.500. The number of rotatable bonds is 3. The summed E-state index contributed by atoms with van der Waals surface area (Å²) in [5.74, 6) is 1.18. The van der Waals surface area contributed by atoms with E-state index in [1.165, 1.54) is 6.07 Å². The van der Waals surface area contributed by atoms with E-state index in [2.05, 4.69) is 4.98 Å². The van der Waals surface area contributed by atoms with Gasteiger partial charge < -0.3 is 26.0 Å². The molecule has 1 aromatic heterocycles. The molecule has 5 N–H and O–H groups in total. The lowest BCUT2D eigenvalue weighted by molar-refractivity contribution is 0.340. The van der Waals surface area contributed by atoms with E-state index >= 15 is 0 Å². The maximum atomic E-state index is 9.87. The van der Waals surface area contributed by atoms with Gasteiger partial charge in [0.05, 0.1) is 17.9 Å². The number of nitriles is 1. The van der Waals surface area contributed by atoms with Gasteiger partial charge in [0.2, 0.25) is 5.88 Å². The molecule has 0 fully saturated rings. The molecule has 7 nitrogen and oxygen atoms in total. The topological polar surface area (TPSA) is 127 Å². The second-order valence-electron chi connectivity index (χ2n) is 6.38. The van der Waals surface area contributed by atoms with E-state index in [4.69, 9.17) is 20.9 Å². The zero-order valence-electron chi connectivity index (χ0n) is 15.1. The van der Waals surface area contributed by atoms with Gasteiger partial charge in [0.25, 0.3) is 0 Å². The molecule has 2 heterocycles. The molecule has 0 bridgehead atoms. The van der Waals surface area contributed by atoms with Crippen molar-refractivity contribution in [3.63, 3.8) is 0 Å². The highest BCUT2D eigenvalue weighted by atomic mass is 16.5. The first-order valence-electron chi connectivity index (χ1n) is 8.76. The number of aromatic hydroxyl groups is 1. The SMILES string of the molecule is CCOc1ccc([C@H]2c3ccc(O)cc3Oc3nc(N)c(C#N)c(N)c32)cc1. The van der Waals surface area contributed by atoms with Crippen LogP contribution in [0.4, 0.5) is 11.5 Å². The van der Waals surface area contributed by atoms with Gasteiger partial charge in [0.15, 0.2) is 0 Å². The summed E-state index contributed by atoms with van der Waals surface area (Å²) in [5, 5.41) is 19.3. The van der Waals surface area contributed by atoms with Crippen molar-refractivity contribution in [1.29, 1.82) is 5.26 Å². The molecule has 1 atom stereocenters. The van der Waals surface area contributed by atoms with Crippen LogP contribution in [-0.2, 0) is 0 Å². The van der Waals surface area contributed by atoms with E-state index in [1.54, 1.807) is 12.1 Å². The Morgan fingerprint density at radius 1 is 1.21 bits per heavy atom. The van der Waals surface area contributed by atoms with Crippen LogP contribution in [0.15, 0.2) is 42.5 Å². The summed E-state index contributed by atoms with van der Waals surface area (Å²) in [5.41, 5.74) is 14.9. The summed E-state index contributed by atoms with van der Waals surface area (Å²) in [7, 11) is 0. The third-order valence-electron chi connectivity index (χ3n) is 4.71. The molecule has 7 heteroatoms. The van der Waals surface area contributed by atoms with Gasteiger partial charge in [0.1, 0.15) is 34.7 Å². The molecule has 0 saturated heterocycles. The Bertz CT molecular complexity index is 1100. The van der Waals surface area contributed by atoms with Crippen molar-refractivity contribution in [2.75, 3.05) is 18.1 Å². The summed E-state index contributed by atoms with van der Waals surface area (Å²) in [6, 6.07) is 14.5. The zero-order chi connectivity index (χ0) is 19.8. The monoisotopic (exact) mass is 374 g/mol. The predicted octanol–water partition coefficient (Wildman–Crippen LogP) is 3.51. The molecule has 0 unspecified atom stereocenters. The van der Waals surface area contributed by atoms with E-state index in [0.29, 0.717) is 17.9 Å². The number of nitrogens with zero attached hydrogens (tertiary/aromatic N) is 2. The number of benzene rings is 2. The van der Waals surface area contributed by atoms with Crippen molar-refractivity contribution in [3.8, 4) is 29.2 Å². The normalized spacial score (nSPS) is 14.4. The Hall–Kier alpha value is -3.92. The third-order valence-corrected chi connectivity index (χ3v) is 4.71. The fraction of sp³-hybridized carbons (Fsp3) is 0.143. The molecule has 0 spiro atoms. The van der Waals surface area contributed by atoms with Crippen LogP contribution in [0.5, 0.6) is 23.1 Å². The Kier molecular flexibility index (Phi) is 4.17. The molecule has 1 aliphatic rings. The summed E-state index contributed by atoms with van der Waals surface area (Å²) >= 11 is 0. The minimum Gasteiger partial charge on any atom is -0.508 e. The largest absolute Gasteiger partial charge is 0.508 e. The lowest BCUT2D eigenvalue weighted by Gasteiger charge is -2.29. The molecule has 0 radical (unpaired) electrons. The van der Waals surface area contributed by atoms with Gasteiger partial charge >= 0.3 is 0 Å². The van der Waals surface area contributed by atoms with E-state index in [9.17, 15) is 10.4 Å². The third kappa shape index (κ3) is 2.72. The van der Waals surface area contributed by atoms with E-state index in [-0.39, 0.29) is 34.6 Å². The van der Waals surface area contributed by atoms with Gasteiger partial charge in [-0.3, -0.25) is 0 Å². The van der Waals surface area contributed by atoms with Crippen LogP contribution in [0.3, 0.4) is 0 Å². The molecular weight excluding hydrogens is 356 g/mol. The number of pyridine rings is 1.